The van der Waals surface area contributed by atoms with Crippen LogP contribution in [0.2, 0.25) is 0 Å². The molecule has 0 aliphatic rings. The molecule has 0 bridgehead atoms. The second kappa shape index (κ2) is 7.13. The average Bonchev–Trinajstić information content (AvgIpc) is 3.16. The molecule has 3 rings (SSSR count). The topological polar surface area (TPSA) is 113 Å². The van der Waals surface area contributed by atoms with Crippen LogP contribution < -0.4 is 9.47 Å². The monoisotopic (exact) mass is 396 g/mol. The van der Waals surface area contributed by atoms with Crippen LogP contribution in [0.15, 0.2) is 34.9 Å². The number of rotatable bonds is 5. The predicted molar refractivity (Wildman–Crippen MR) is 87.7 cm³/mol. The molecule has 0 aliphatic heterocycles. The van der Waals surface area contributed by atoms with Gasteiger partial charge in [0.2, 0.25) is 17.5 Å². The highest BCUT2D eigenvalue weighted by molar-refractivity contribution is 5.69. The molecule has 0 fully saturated rings. The molecule has 0 atom stereocenters. The van der Waals surface area contributed by atoms with Crippen LogP contribution in [0.5, 0.6) is 11.5 Å². The lowest BCUT2D eigenvalue weighted by molar-refractivity contribution is -0.385. The van der Waals surface area contributed by atoms with E-state index < -0.39 is 33.9 Å². The van der Waals surface area contributed by atoms with Crippen LogP contribution in [-0.2, 0) is 6.18 Å². The molecule has 0 aliphatic carbocycles. The van der Waals surface area contributed by atoms with Crippen molar-refractivity contribution in [3.05, 3.63) is 46.3 Å². The average molecular weight is 396 g/mol. The zero-order valence-electron chi connectivity index (χ0n) is 14.4. The van der Waals surface area contributed by atoms with Gasteiger partial charge in [-0.25, -0.2) is 0 Å². The second-order valence-corrected chi connectivity index (χ2v) is 5.30. The third kappa shape index (κ3) is 3.43. The minimum absolute atomic E-state index is 0.0174. The van der Waals surface area contributed by atoms with E-state index in [0.29, 0.717) is 0 Å². The Kier molecular flexibility index (Phi) is 4.86. The summed E-state index contributed by atoms with van der Waals surface area (Å²) in [6, 6.07) is 4.84. The number of pyridine rings is 1. The van der Waals surface area contributed by atoms with E-state index >= 15 is 0 Å². The smallest absolute Gasteiger partial charge is 0.434 e. The van der Waals surface area contributed by atoms with Gasteiger partial charge in [-0.15, -0.1) is 10.2 Å². The van der Waals surface area contributed by atoms with Crippen LogP contribution in [0.3, 0.4) is 0 Å². The number of halogens is 3. The normalized spacial score (nSPS) is 11.3. The van der Waals surface area contributed by atoms with Gasteiger partial charge >= 0.3 is 11.9 Å². The Balaban J connectivity index is 2.11. The molecule has 0 saturated carbocycles. The molecule has 0 saturated heterocycles. The third-order valence-corrected chi connectivity index (χ3v) is 3.63. The fourth-order valence-electron chi connectivity index (χ4n) is 2.46. The van der Waals surface area contributed by atoms with E-state index in [-0.39, 0.29) is 23.0 Å². The van der Waals surface area contributed by atoms with Gasteiger partial charge in [0, 0.05) is 17.8 Å². The first kappa shape index (κ1) is 19.1. The van der Waals surface area contributed by atoms with Crippen LogP contribution in [0.25, 0.3) is 22.9 Å². The summed E-state index contributed by atoms with van der Waals surface area (Å²) in [6.07, 6.45) is -3.74. The summed E-state index contributed by atoms with van der Waals surface area (Å²) in [4.78, 5) is 13.9. The Labute approximate surface area is 154 Å². The Bertz CT molecular complexity index is 1040. The summed E-state index contributed by atoms with van der Waals surface area (Å²) in [5.74, 6) is -0.782. The number of aromatic nitrogens is 3. The maximum absolute atomic E-state index is 13.1. The van der Waals surface area contributed by atoms with Gasteiger partial charge < -0.3 is 13.9 Å². The van der Waals surface area contributed by atoms with Crippen molar-refractivity contribution in [2.45, 2.75) is 6.18 Å². The number of benzene rings is 1. The minimum atomic E-state index is -4.73. The number of hydrogen-bond donors (Lipinski definition) is 0. The van der Waals surface area contributed by atoms with Crippen LogP contribution in [0.4, 0.5) is 18.9 Å². The molecule has 2 aromatic heterocycles. The van der Waals surface area contributed by atoms with Crippen molar-refractivity contribution in [2.24, 2.45) is 0 Å². The first-order valence-electron chi connectivity index (χ1n) is 7.53. The summed E-state index contributed by atoms with van der Waals surface area (Å²) >= 11 is 0. The van der Waals surface area contributed by atoms with Crippen molar-refractivity contribution in [3.8, 4) is 34.4 Å². The molecule has 1 aromatic carbocycles. The quantitative estimate of drug-likeness (QED) is 0.473. The van der Waals surface area contributed by atoms with Crippen molar-refractivity contribution in [1.29, 1.82) is 0 Å². The van der Waals surface area contributed by atoms with Crippen LogP contribution >= 0.6 is 0 Å². The molecule has 146 valence electrons. The fourth-order valence-corrected chi connectivity index (χ4v) is 2.46. The summed E-state index contributed by atoms with van der Waals surface area (Å²) in [5.41, 5.74) is -1.97. The van der Waals surface area contributed by atoms with E-state index in [1.807, 2.05) is 0 Å². The van der Waals surface area contributed by atoms with Crippen molar-refractivity contribution in [1.82, 2.24) is 15.2 Å². The SMILES string of the molecule is COc1cc(-c2nnc(-c3cccnc3C(F)(F)F)o2)cc([N+](=O)[O-])c1OC. The Morgan fingerprint density at radius 1 is 1.14 bits per heavy atom. The van der Waals surface area contributed by atoms with Crippen LogP contribution in [-0.4, -0.2) is 34.3 Å². The number of methoxy groups -OCH3 is 2. The van der Waals surface area contributed by atoms with Gasteiger partial charge in [0.05, 0.1) is 24.7 Å². The van der Waals surface area contributed by atoms with E-state index in [1.165, 1.54) is 26.4 Å². The zero-order chi connectivity index (χ0) is 20.5. The molecule has 0 amide bonds. The molecule has 0 spiro atoms. The molecule has 3 aromatic rings. The Hall–Kier alpha value is -3.70. The molecule has 2 heterocycles. The van der Waals surface area contributed by atoms with Crippen molar-refractivity contribution in [2.75, 3.05) is 14.2 Å². The number of hydrogen-bond acceptors (Lipinski definition) is 8. The Morgan fingerprint density at radius 2 is 1.86 bits per heavy atom. The molecule has 0 N–H and O–H groups in total. The highest BCUT2D eigenvalue weighted by Gasteiger charge is 2.37. The van der Waals surface area contributed by atoms with Gasteiger partial charge in [-0.1, -0.05) is 0 Å². The van der Waals surface area contributed by atoms with Gasteiger partial charge in [0.1, 0.15) is 0 Å². The first-order valence-corrected chi connectivity index (χ1v) is 7.53. The van der Waals surface area contributed by atoms with Gasteiger partial charge in [-0.3, -0.25) is 15.1 Å². The van der Waals surface area contributed by atoms with Gasteiger partial charge in [0.15, 0.2) is 11.4 Å². The summed E-state index contributed by atoms with van der Waals surface area (Å²) in [7, 11) is 2.51. The summed E-state index contributed by atoms with van der Waals surface area (Å²) in [6.45, 7) is 0. The lowest BCUT2D eigenvalue weighted by atomic mass is 10.1. The standard InChI is InChI=1S/C16H11F3N4O5/c1-26-11-7-8(6-10(23(24)25)12(11)27-2)14-21-22-15(28-14)9-4-3-5-20-13(9)16(17,18)19/h3-7H,1-2H3. The van der Waals surface area contributed by atoms with Crippen molar-refractivity contribution in [3.63, 3.8) is 0 Å². The van der Waals surface area contributed by atoms with Gasteiger partial charge in [-0.2, -0.15) is 13.2 Å². The van der Waals surface area contributed by atoms with Crippen LogP contribution in [0.1, 0.15) is 5.69 Å². The first-order chi connectivity index (χ1) is 13.3. The van der Waals surface area contributed by atoms with E-state index in [9.17, 15) is 23.3 Å². The molecule has 12 heteroatoms. The number of nitro groups is 1. The van der Waals surface area contributed by atoms with E-state index in [2.05, 4.69) is 15.2 Å². The maximum Gasteiger partial charge on any atom is 0.434 e. The highest BCUT2D eigenvalue weighted by Crippen LogP contribution is 2.41. The third-order valence-electron chi connectivity index (χ3n) is 3.63. The van der Waals surface area contributed by atoms with E-state index in [0.717, 1.165) is 18.3 Å². The molecule has 0 unspecified atom stereocenters. The van der Waals surface area contributed by atoms with Gasteiger partial charge in [-0.05, 0) is 18.2 Å². The molecule has 9 nitrogen and oxygen atoms in total. The molecule has 0 radical (unpaired) electrons. The highest BCUT2D eigenvalue weighted by atomic mass is 19.4. The number of ether oxygens (including phenoxy) is 2. The van der Waals surface area contributed by atoms with Gasteiger partial charge in [0.25, 0.3) is 0 Å². The molecular formula is C16H11F3N4O5. The fraction of sp³-hybridized carbons (Fsp3) is 0.188. The number of alkyl halides is 3. The molecule has 28 heavy (non-hydrogen) atoms. The maximum atomic E-state index is 13.1. The minimum Gasteiger partial charge on any atom is -0.493 e. The summed E-state index contributed by atoms with van der Waals surface area (Å²) in [5, 5.41) is 18.6. The lowest BCUT2D eigenvalue weighted by Crippen LogP contribution is -2.09. The van der Waals surface area contributed by atoms with Crippen molar-refractivity contribution < 1.29 is 32.0 Å². The van der Waals surface area contributed by atoms with Crippen LogP contribution in [0, 0.1) is 10.1 Å². The largest absolute Gasteiger partial charge is 0.493 e. The second-order valence-electron chi connectivity index (χ2n) is 5.30. The van der Waals surface area contributed by atoms with E-state index in [4.69, 9.17) is 13.9 Å². The number of nitro benzene ring substituents is 1. The zero-order valence-corrected chi connectivity index (χ0v) is 14.4. The Morgan fingerprint density at radius 3 is 2.46 bits per heavy atom. The molecular weight excluding hydrogens is 385 g/mol. The number of nitrogens with zero attached hydrogens (tertiary/aromatic N) is 4. The van der Waals surface area contributed by atoms with E-state index in [1.54, 1.807) is 0 Å². The lowest BCUT2D eigenvalue weighted by Gasteiger charge is -2.09. The van der Waals surface area contributed by atoms with Crippen molar-refractivity contribution >= 4 is 5.69 Å². The predicted octanol–water partition coefficient (Wildman–Crippen LogP) is 3.74. The summed E-state index contributed by atoms with van der Waals surface area (Å²) < 4.78 is 54.8.